The average molecular weight is 181 g/mol. The van der Waals surface area contributed by atoms with Gasteiger partial charge in [0, 0.05) is 5.57 Å². The van der Waals surface area contributed by atoms with E-state index in [4.69, 9.17) is 10.00 Å². The molecule has 0 bridgehead atoms. The van der Waals surface area contributed by atoms with Crippen molar-refractivity contribution in [1.82, 2.24) is 0 Å². The highest BCUT2D eigenvalue weighted by Crippen LogP contribution is 2.15. The van der Waals surface area contributed by atoms with Crippen LogP contribution in [0.2, 0.25) is 0 Å². The van der Waals surface area contributed by atoms with Gasteiger partial charge in [0.15, 0.2) is 0 Å². The van der Waals surface area contributed by atoms with Crippen LogP contribution >= 0.6 is 0 Å². The normalized spacial score (nSPS) is 12.1. The van der Waals surface area contributed by atoms with Gasteiger partial charge in [-0.3, -0.25) is 0 Å². The summed E-state index contributed by atoms with van der Waals surface area (Å²) in [7, 11) is 0. The van der Waals surface area contributed by atoms with Crippen molar-refractivity contribution in [3.8, 4) is 6.07 Å². The topological polar surface area (TPSA) is 50.1 Å². The molecule has 0 aliphatic heterocycles. The molecule has 0 fully saturated rings. The monoisotopic (exact) mass is 181 g/mol. The van der Waals surface area contributed by atoms with Crippen molar-refractivity contribution in [2.75, 3.05) is 0 Å². The van der Waals surface area contributed by atoms with Crippen molar-refractivity contribution in [3.05, 3.63) is 11.6 Å². The maximum atomic E-state index is 11.3. The van der Waals surface area contributed by atoms with Crippen molar-refractivity contribution in [2.24, 2.45) is 0 Å². The largest absolute Gasteiger partial charge is 0.455 e. The van der Waals surface area contributed by atoms with Crippen LogP contribution in [0.1, 0.15) is 34.1 Å². The highest BCUT2D eigenvalue weighted by atomic mass is 16.6. The molecule has 0 aromatic rings. The van der Waals surface area contributed by atoms with Crippen LogP contribution in [0.25, 0.3) is 0 Å². The van der Waals surface area contributed by atoms with E-state index in [1.807, 2.05) is 6.07 Å². The van der Waals surface area contributed by atoms with E-state index in [1.54, 1.807) is 33.8 Å². The van der Waals surface area contributed by atoms with Crippen molar-refractivity contribution >= 4 is 5.97 Å². The van der Waals surface area contributed by atoms with Gasteiger partial charge in [-0.15, -0.1) is 0 Å². The summed E-state index contributed by atoms with van der Waals surface area (Å²) in [6.07, 6.45) is 1.89. The molecule has 13 heavy (non-hydrogen) atoms. The fraction of sp³-hybridized carbons (Fsp3) is 0.600. The second-order valence-corrected chi connectivity index (χ2v) is 3.46. The van der Waals surface area contributed by atoms with Gasteiger partial charge >= 0.3 is 5.97 Å². The van der Waals surface area contributed by atoms with Gasteiger partial charge in [-0.05, 0) is 27.7 Å². The maximum absolute atomic E-state index is 11.3. The fourth-order valence-electron chi connectivity index (χ4n) is 0.676. The lowest BCUT2D eigenvalue weighted by atomic mass is 10.1. The average Bonchev–Trinajstić information content (AvgIpc) is 2.01. The van der Waals surface area contributed by atoms with Crippen LogP contribution in [-0.2, 0) is 9.53 Å². The minimum absolute atomic E-state index is 0.204. The molecule has 3 heteroatoms. The lowest BCUT2D eigenvalue weighted by molar-refractivity contribution is -0.150. The highest BCUT2D eigenvalue weighted by Gasteiger charge is 2.22. The lowest BCUT2D eigenvalue weighted by Crippen LogP contribution is -2.27. The van der Waals surface area contributed by atoms with Crippen LogP contribution in [0.15, 0.2) is 11.6 Å². The van der Waals surface area contributed by atoms with Gasteiger partial charge in [0.1, 0.15) is 5.60 Å². The summed E-state index contributed by atoms with van der Waals surface area (Å²) in [5.41, 5.74) is -0.137. The molecule has 0 spiro atoms. The summed E-state index contributed by atoms with van der Waals surface area (Å²) < 4.78 is 5.10. The Bertz CT molecular complexity index is 259. The standard InChI is InChI=1S/C10H15NO2/c1-5-8(2)9(12)13-10(3,4)6-7-11/h5H,6H2,1-4H3/b8-5-. The predicted octanol–water partition coefficient (Wildman–Crippen LogP) is 2.19. The summed E-state index contributed by atoms with van der Waals surface area (Å²) in [5.74, 6) is -0.359. The Morgan fingerprint density at radius 1 is 1.62 bits per heavy atom. The molecule has 72 valence electrons. The molecule has 0 aliphatic rings. The Balaban J connectivity index is 4.30. The molecule has 0 aromatic carbocycles. The molecule has 0 saturated carbocycles. The van der Waals surface area contributed by atoms with E-state index in [9.17, 15) is 4.79 Å². The number of carbonyl (C=O) groups is 1. The number of nitrogens with zero attached hydrogens (tertiary/aromatic N) is 1. The van der Waals surface area contributed by atoms with Crippen LogP contribution < -0.4 is 0 Å². The van der Waals surface area contributed by atoms with E-state index in [1.165, 1.54) is 0 Å². The molecule has 0 heterocycles. The second-order valence-electron chi connectivity index (χ2n) is 3.46. The molecule has 0 rings (SSSR count). The Morgan fingerprint density at radius 2 is 2.15 bits per heavy atom. The first-order valence-electron chi connectivity index (χ1n) is 4.16. The van der Waals surface area contributed by atoms with Crippen molar-refractivity contribution in [1.29, 1.82) is 5.26 Å². The Hall–Kier alpha value is -1.30. The molecule has 0 N–H and O–H groups in total. The van der Waals surface area contributed by atoms with E-state index < -0.39 is 5.60 Å². The maximum Gasteiger partial charge on any atom is 0.333 e. The van der Waals surface area contributed by atoms with Gasteiger partial charge in [0.25, 0.3) is 0 Å². The van der Waals surface area contributed by atoms with Crippen molar-refractivity contribution in [2.45, 2.75) is 39.7 Å². The van der Waals surface area contributed by atoms with E-state index in [-0.39, 0.29) is 12.4 Å². The minimum Gasteiger partial charge on any atom is -0.455 e. The molecule has 0 unspecified atom stereocenters. The zero-order valence-electron chi connectivity index (χ0n) is 8.55. The number of esters is 1. The smallest absolute Gasteiger partial charge is 0.333 e. The molecule has 0 amide bonds. The summed E-state index contributed by atoms with van der Waals surface area (Å²) in [6.45, 7) is 6.90. The number of allylic oxidation sites excluding steroid dienone is 1. The molecular weight excluding hydrogens is 166 g/mol. The molecule has 0 aliphatic carbocycles. The van der Waals surface area contributed by atoms with E-state index in [2.05, 4.69) is 0 Å². The van der Waals surface area contributed by atoms with Gasteiger partial charge < -0.3 is 4.74 Å². The first-order valence-corrected chi connectivity index (χ1v) is 4.16. The van der Waals surface area contributed by atoms with E-state index in [0.717, 1.165) is 0 Å². The quantitative estimate of drug-likeness (QED) is 0.495. The molecule has 3 nitrogen and oxygen atoms in total. The summed E-state index contributed by atoms with van der Waals surface area (Å²) in [5, 5.41) is 8.45. The van der Waals surface area contributed by atoms with Gasteiger partial charge in [-0.1, -0.05) is 6.08 Å². The van der Waals surface area contributed by atoms with E-state index in [0.29, 0.717) is 5.57 Å². The third-order valence-electron chi connectivity index (χ3n) is 1.63. The van der Waals surface area contributed by atoms with E-state index >= 15 is 0 Å². The number of ether oxygens (including phenoxy) is 1. The number of rotatable bonds is 3. The van der Waals surface area contributed by atoms with Crippen LogP contribution in [0.5, 0.6) is 0 Å². The number of nitriles is 1. The summed E-state index contributed by atoms with van der Waals surface area (Å²) in [6, 6.07) is 1.97. The molecule has 0 saturated heterocycles. The lowest BCUT2D eigenvalue weighted by Gasteiger charge is -2.21. The number of carbonyl (C=O) groups excluding carboxylic acids is 1. The van der Waals surface area contributed by atoms with Crippen LogP contribution in [0.3, 0.4) is 0 Å². The van der Waals surface area contributed by atoms with Gasteiger partial charge in [0.05, 0.1) is 12.5 Å². The zero-order valence-corrected chi connectivity index (χ0v) is 8.55. The Labute approximate surface area is 79.0 Å². The predicted molar refractivity (Wildman–Crippen MR) is 49.8 cm³/mol. The Kier molecular flexibility index (Phi) is 4.19. The minimum atomic E-state index is -0.698. The molecule has 0 radical (unpaired) electrons. The summed E-state index contributed by atoms with van der Waals surface area (Å²) in [4.78, 5) is 11.3. The number of hydrogen-bond acceptors (Lipinski definition) is 3. The van der Waals surface area contributed by atoms with Crippen molar-refractivity contribution in [3.63, 3.8) is 0 Å². The van der Waals surface area contributed by atoms with Crippen LogP contribution in [0.4, 0.5) is 0 Å². The Morgan fingerprint density at radius 3 is 2.54 bits per heavy atom. The third-order valence-corrected chi connectivity index (χ3v) is 1.63. The first kappa shape index (κ1) is 11.7. The molecule has 0 atom stereocenters. The number of hydrogen-bond donors (Lipinski definition) is 0. The van der Waals surface area contributed by atoms with Crippen LogP contribution in [0, 0.1) is 11.3 Å². The molecular formula is C10H15NO2. The van der Waals surface area contributed by atoms with Crippen molar-refractivity contribution < 1.29 is 9.53 Å². The second kappa shape index (κ2) is 4.66. The fourth-order valence-corrected chi connectivity index (χ4v) is 0.676. The van der Waals surface area contributed by atoms with Gasteiger partial charge in [0.2, 0.25) is 0 Å². The zero-order chi connectivity index (χ0) is 10.5. The first-order chi connectivity index (χ1) is 5.93. The molecule has 0 aromatic heterocycles. The van der Waals surface area contributed by atoms with Crippen LogP contribution in [-0.4, -0.2) is 11.6 Å². The van der Waals surface area contributed by atoms with Gasteiger partial charge in [-0.25, -0.2) is 4.79 Å². The van der Waals surface area contributed by atoms with Gasteiger partial charge in [-0.2, -0.15) is 5.26 Å². The SMILES string of the molecule is C/C=C(/C)C(=O)OC(C)(C)CC#N. The highest BCUT2D eigenvalue weighted by molar-refractivity contribution is 5.87. The summed E-state index contributed by atoms with van der Waals surface area (Å²) >= 11 is 0. The third kappa shape index (κ3) is 4.32.